The van der Waals surface area contributed by atoms with E-state index in [2.05, 4.69) is 29.2 Å². The number of fused-ring (bicyclic) bond motifs is 1. The van der Waals surface area contributed by atoms with Crippen molar-refractivity contribution in [3.05, 3.63) is 36.5 Å². The molecule has 1 aromatic heterocycles. The molecule has 0 saturated carbocycles. The van der Waals surface area contributed by atoms with Gasteiger partial charge in [-0.25, -0.2) is 4.98 Å². The molecule has 1 fully saturated rings. The fraction of sp³-hybridized carbons (Fsp3) is 0.357. The Kier molecular flexibility index (Phi) is 3.78. The molecule has 3 nitrogen and oxygen atoms in total. The van der Waals surface area contributed by atoms with Crippen LogP contribution in [0.2, 0.25) is 0 Å². The first-order valence-electron chi connectivity index (χ1n) is 6.13. The molecule has 1 aromatic carbocycles. The molecule has 0 aliphatic carbocycles. The van der Waals surface area contributed by atoms with E-state index in [4.69, 9.17) is 9.47 Å². The Labute approximate surface area is 111 Å². The molecule has 0 N–H and O–H groups in total. The van der Waals surface area contributed by atoms with Crippen LogP contribution in [0, 0.1) is 0 Å². The average molecular weight is 261 g/mol. The van der Waals surface area contributed by atoms with Crippen molar-refractivity contribution in [2.45, 2.75) is 17.7 Å². The third-order valence-electron chi connectivity index (χ3n) is 2.92. The summed E-state index contributed by atoms with van der Waals surface area (Å²) in [4.78, 5) is 4.45. The summed E-state index contributed by atoms with van der Waals surface area (Å²) in [6, 6.07) is 10.4. The number of pyridine rings is 1. The van der Waals surface area contributed by atoms with E-state index in [9.17, 15) is 0 Å². The average Bonchev–Trinajstić information content (AvgIpc) is 2.92. The van der Waals surface area contributed by atoms with Crippen LogP contribution in [-0.2, 0) is 9.47 Å². The Morgan fingerprint density at radius 3 is 2.89 bits per heavy atom. The molecule has 2 aromatic rings. The molecule has 0 bridgehead atoms. The highest BCUT2D eigenvalue weighted by Crippen LogP contribution is 2.26. The van der Waals surface area contributed by atoms with Crippen molar-refractivity contribution in [3.63, 3.8) is 0 Å². The van der Waals surface area contributed by atoms with Crippen molar-refractivity contribution in [2.75, 3.05) is 19.0 Å². The van der Waals surface area contributed by atoms with E-state index in [-0.39, 0.29) is 6.29 Å². The lowest BCUT2D eigenvalue weighted by molar-refractivity contribution is -0.0421. The van der Waals surface area contributed by atoms with Gasteiger partial charge >= 0.3 is 0 Å². The fourth-order valence-corrected chi connectivity index (χ4v) is 3.01. The number of nitrogens with zero attached hydrogens (tertiary/aromatic N) is 1. The van der Waals surface area contributed by atoms with E-state index in [0.717, 1.165) is 30.4 Å². The molecule has 1 saturated heterocycles. The van der Waals surface area contributed by atoms with Gasteiger partial charge in [0.25, 0.3) is 0 Å². The summed E-state index contributed by atoms with van der Waals surface area (Å²) in [6.07, 6.45) is 2.76. The molecule has 2 heterocycles. The SMILES string of the molecule is c1ccc2c(SCCC3OCCO3)nccc2c1. The first-order valence-corrected chi connectivity index (χ1v) is 7.12. The van der Waals surface area contributed by atoms with Gasteiger partial charge in [-0.05, 0) is 11.5 Å². The molecule has 3 rings (SSSR count). The summed E-state index contributed by atoms with van der Waals surface area (Å²) in [6.45, 7) is 1.45. The zero-order chi connectivity index (χ0) is 12.2. The predicted molar refractivity (Wildman–Crippen MR) is 72.8 cm³/mol. The highest BCUT2D eigenvalue weighted by Gasteiger charge is 2.15. The minimum Gasteiger partial charge on any atom is -0.350 e. The van der Waals surface area contributed by atoms with E-state index < -0.39 is 0 Å². The van der Waals surface area contributed by atoms with Gasteiger partial charge in [0, 0.05) is 23.8 Å². The number of thioether (sulfide) groups is 1. The van der Waals surface area contributed by atoms with Crippen LogP contribution in [-0.4, -0.2) is 30.2 Å². The minimum atomic E-state index is -0.0209. The maximum atomic E-state index is 5.42. The fourth-order valence-electron chi connectivity index (χ4n) is 2.03. The van der Waals surface area contributed by atoms with E-state index in [1.165, 1.54) is 10.8 Å². The van der Waals surface area contributed by atoms with Crippen molar-refractivity contribution in [1.82, 2.24) is 4.98 Å². The summed E-state index contributed by atoms with van der Waals surface area (Å²) in [7, 11) is 0. The van der Waals surface area contributed by atoms with Crippen molar-refractivity contribution in [3.8, 4) is 0 Å². The van der Waals surface area contributed by atoms with Crippen LogP contribution >= 0.6 is 11.8 Å². The van der Waals surface area contributed by atoms with Gasteiger partial charge in [0.15, 0.2) is 6.29 Å². The lowest BCUT2D eigenvalue weighted by Gasteiger charge is -2.09. The van der Waals surface area contributed by atoms with Crippen LogP contribution in [0.3, 0.4) is 0 Å². The Morgan fingerprint density at radius 1 is 1.17 bits per heavy atom. The quantitative estimate of drug-likeness (QED) is 0.791. The van der Waals surface area contributed by atoms with E-state index in [1.807, 2.05) is 12.3 Å². The molecule has 4 heteroatoms. The van der Waals surface area contributed by atoms with Crippen LogP contribution in [0.1, 0.15) is 6.42 Å². The maximum Gasteiger partial charge on any atom is 0.158 e. The number of hydrogen-bond donors (Lipinski definition) is 0. The molecule has 0 spiro atoms. The first-order chi connectivity index (χ1) is 8.93. The predicted octanol–water partition coefficient (Wildman–Crippen LogP) is 3.09. The van der Waals surface area contributed by atoms with Crippen LogP contribution in [0.15, 0.2) is 41.6 Å². The molecule has 94 valence electrons. The van der Waals surface area contributed by atoms with Gasteiger partial charge in [-0.1, -0.05) is 24.3 Å². The highest BCUT2D eigenvalue weighted by molar-refractivity contribution is 7.99. The molecule has 18 heavy (non-hydrogen) atoms. The van der Waals surface area contributed by atoms with Gasteiger partial charge in [0.2, 0.25) is 0 Å². The normalized spacial score (nSPS) is 16.4. The monoisotopic (exact) mass is 261 g/mol. The summed E-state index contributed by atoms with van der Waals surface area (Å²) in [5.74, 6) is 0.964. The van der Waals surface area contributed by atoms with Crippen LogP contribution in [0.25, 0.3) is 10.8 Å². The van der Waals surface area contributed by atoms with Gasteiger partial charge in [-0.15, -0.1) is 11.8 Å². The Morgan fingerprint density at radius 2 is 2.00 bits per heavy atom. The first kappa shape index (κ1) is 12.0. The van der Waals surface area contributed by atoms with Crippen molar-refractivity contribution >= 4 is 22.5 Å². The Hall–Kier alpha value is -1.10. The highest BCUT2D eigenvalue weighted by atomic mass is 32.2. The Bertz CT molecular complexity index is 521. The van der Waals surface area contributed by atoms with E-state index in [1.54, 1.807) is 11.8 Å². The standard InChI is InChI=1S/C14H15NO2S/c1-2-4-12-11(3-1)5-7-15-14(12)18-10-6-13-16-8-9-17-13/h1-5,7,13H,6,8-10H2. The number of hydrogen-bond acceptors (Lipinski definition) is 4. The summed E-state index contributed by atoms with van der Waals surface area (Å²) in [5.41, 5.74) is 0. The van der Waals surface area contributed by atoms with Crippen molar-refractivity contribution in [2.24, 2.45) is 0 Å². The van der Waals surface area contributed by atoms with Gasteiger partial charge in [0.1, 0.15) is 5.03 Å². The lowest BCUT2D eigenvalue weighted by Crippen LogP contribution is -2.08. The van der Waals surface area contributed by atoms with Crippen LogP contribution < -0.4 is 0 Å². The number of ether oxygens (including phenoxy) is 2. The zero-order valence-corrected chi connectivity index (χ0v) is 10.9. The molecule has 1 aliphatic rings. The van der Waals surface area contributed by atoms with Gasteiger partial charge in [0.05, 0.1) is 13.2 Å². The minimum absolute atomic E-state index is 0.0209. The van der Waals surface area contributed by atoms with Crippen LogP contribution in [0.4, 0.5) is 0 Å². The zero-order valence-electron chi connectivity index (χ0n) is 10.0. The molecule has 1 aliphatic heterocycles. The van der Waals surface area contributed by atoms with Gasteiger partial charge in [-0.2, -0.15) is 0 Å². The second-order valence-electron chi connectivity index (χ2n) is 4.15. The number of aromatic nitrogens is 1. The lowest BCUT2D eigenvalue weighted by atomic mass is 10.2. The van der Waals surface area contributed by atoms with Crippen molar-refractivity contribution in [1.29, 1.82) is 0 Å². The third-order valence-corrected chi connectivity index (χ3v) is 3.96. The van der Waals surface area contributed by atoms with Gasteiger partial charge < -0.3 is 9.47 Å². The maximum absolute atomic E-state index is 5.42. The Balaban J connectivity index is 1.66. The largest absolute Gasteiger partial charge is 0.350 e. The summed E-state index contributed by atoms with van der Waals surface area (Å²) in [5, 5.41) is 3.55. The number of benzene rings is 1. The molecule has 0 atom stereocenters. The number of rotatable bonds is 4. The molecule has 0 radical (unpaired) electrons. The molecular weight excluding hydrogens is 246 g/mol. The summed E-state index contributed by atoms with van der Waals surface area (Å²) >= 11 is 1.77. The molecular formula is C14H15NO2S. The third kappa shape index (κ3) is 2.66. The second-order valence-corrected chi connectivity index (χ2v) is 5.23. The van der Waals surface area contributed by atoms with Crippen molar-refractivity contribution < 1.29 is 9.47 Å². The topological polar surface area (TPSA) is 31.4 Å². The smallest absolute Gasteiger partial charge is 0.158 e. The van der Waals surface area contributed by atoms with Crippen LogP contribution in [0.5, 0.6) is 0 Å². The van der Waals surface area contributed by atoms with E-state index >= 15 is 0 Å². The molecule has 0 unspecified atom stereocenters. The van der Waals surface area contributed by atoms with E-state index in [0.29, 0.717) is 0 Å². The summed E-state index contributed by atoms with van der Waals surface area (Å²) < 4.78 is 10.8. The second kappa shape index (κ2) is 5.69. The molecule has 0 amide bonds. The van der Waals surface area contributed by atoms with Gasteiger partial charge in [-0.3, -0.25) is 0 Å².